The van der Waals surface area contributed by atoms with Crippen molar-refractivity contribution in [3.05, 3.63) is 60.7 Å². The van der Waals surface area contributed by atoms with Crippen LogP contribution in [0.1, 0.15) is 6.92 Å². The van der Waals surface area contributed by atoms with Crippen LogP contribution in [0.4, 0.5) is 0 Å². The van der Waals surface area contributed by atoms with Crippen LogP contribution in [0.2, 0.25) is 11.0 Å². The number of hydrogen-bond acceptors (Lipinski definition) is 0. The zero-order valence-corrected chi connectivity index (χ0v) is 12.1. The summed E-state index contributed by atoms with van der Waals surface area (Å²) in [5.41, 5.74) is 0. The molecule has 0 fully saturated rings. The molecule has 0 atom stereocenters. The molecule has 0 saturated heterocycles. The van der Waals surface area contributed by atoms with Crippen LogP contribution in [0.3, 0.4) is 0 Å². The maximum absolute atomic E-state index is 2.50. The van der Waals surface area contributed by atoms with Gasteiger partial charge in [-0.1, -0.05) is 0 Å². The Balaban J connectivity index is 2.49. The molecule has 0 unspecified atom stereocenters. The van der Waals surface area contributed by atoms with Gasteiger partial charge < -0.3 is 0 Å². The molecule has 0 aliphatic rings. The Labute approximate surface area is 101 Å². The van der Waals surface area contributed by atoms with Gasteiger partial charge in [0, 0.05) is 0 Å². The van der Waals surface area contributed by atoms with E-state index >= 15 is 0 Å². The average Bonchev–Trinajstić information content (AvgIpc) is 2.40. The van der Waals surface area contributed by atoms with Crippen molar-refractivity contribution in [3.8, 4) is 0 Å². The van der Waals surface area contributed by atoms with Gasteiger partial charge in [0.2, 0.25) is 0 Å². The van der Waals surface area contributed by atoms with E-state index in [1.807, 2.05) is 0 Å². The Morgan fingerprint density at radius 3 is 1.44 bits per heavy atom. The van der Waals surface area contributed by atoms with Crippen molar-refractivity contribution >= 4 is 22.1 Å². The van der Waals surface area contributed by atoms with E-state index in [9.17, 15) is 0 Å². The van der Waals surface area contributed by atoms with E-state index in [2.05, 4.69) is 73.3 Å². The summed E-state index contributed by atoms with van der Waals surface area (Å²) in [6, 6.07) is 22.1. The molecule has 0 radical (unpaired) electrons. The summed E-state index contributed by atoms with van der Waals surface area (Å²) >= 11 is -2.04. The molecule has 2 aromatic carbocycles. The minimum absolute atomic E-state index is 1.30. The molecule has 0 bridgehead atoms. The fraction of sp³-hybridized carbons (Fsp3) is 0.200. The van der Waals surface area contributed by atoms with E-state index in [0.717, 1.165) is 0 Å². The third kappa shape index (κ3) is 2.07. The molecule has 0 aliphatic carbocycles. The van der Waals surface area contributed by atoms with Crippen LogP contribution in [0.5, 0.6) is 0 Å². The quantitative estimate of drug-likeness (QED) is 0.753. The second-order valence-electron chi connectivity index (χ2n) is 4.42. The molecule has 0 heterocycles. The van der Waals surface area contributed by atoms with Crippen LogP contribution >= 0.6 is 0 Å². The molecular weight excluding hydrogens is 253 g/mol. The van der Waals surface area contributed by atoms with Crippen molar-refractivity contribution in [1.29, 1.82) is 0 Å². The van der Waals surface area contributed by atoms with Crippen molar-refractivity contribution in [2.24, 2.45) is 0 Å². The molecule has 0 N–H and O–H groups in total. The van der Waals surface area contributed by atoms with Crippen molar-refractivity contribution in [2.75, 3.05) is 0 Å². The molecule has 0 aliphatic heterocycles. The summed E-state index contributed by atoms with van der Waals surface area (Å²) in [6.45, 7) is 2.33. The van der Waals surface area contributed by atoms with Gasteiger partial charge in [-0.05, 0) is 0 Å². The molecule has 2 rings (SSSR count). The van der Waals surface area contributed by atoms with Gasteiger partial charge in [0.05, 0.1) is 0 Å². The fourth-order valence-corrected chi connectivity index (χ4v) is 8.49. The first-order valence-corrected chi connectivity index (χ1v) is 11.6. The third-order valence-electron chi connectivity index (χ3n) is 3.53. The second kappa shape index (κ2) is 4.88. The van der Waals surface area contributed by atoms with Gasteiger partial charge in [0.25, 0.3) is 0 Å². The normalized spacial score (nSPS) is 11.4. The predicted molar refractivity (Wildman–Crippen MR) is 74.3 cm³/mol. The van der Waals surface area contributed by atoms with Gasteiger partial charge in [0.15, 0.2) is 0 Å². The average molecular weight is 271 g/mol. The van der Waals surface area contributed by atoms with Gasteiger partial charge in [-0.2, -0.15) is 0 Å². The minimum atomic E-state index is -2.04. The Morgan fingerprint density at radius 2 is 1.12 bits per heavy atom. The van der Waals surface area contributed by atoms with E-state index in [0.29, 0.717) is 0 Å². The van der Waals surface area contributed by atoms with Gasteiger partial charge >= 0.3 is 101 Å². The first-order chi connectivity index (χ1) is 7.77. The van der Waals surface area contributed by atoms with Gasteiger partial charge in [0.1, 0.15) is 0 Å². The molecule has 0 amide bonds. The van der Waals surface area contributed by atoms with Crippen LogP contribution in [-0.4, -0.2) is 13.3 Å². The predicted octanol–water partition coefficient (Wildman–Crippen LogP) is 2.90. The van der Waals surface area contributed by atoms with Crippen molar-refractivity contribution in [1.82, 2.24) is 0 Å². The van der Waals surface area contributed by atoms with Gasteiger partial charge in [-0.3, -0.25) is 0 Å². The summed E-state index contributed by atoms with van der Waals surface area (Å²) in [4.78, 5) is 0. The molecule has 82 valence electrons. The Kier molecular flexibility index (Phi) is 3.50. The summed E-state index contributed by atoms with van der Waals surface area (Å²) in [5.74, 6) is 2.50. The molecule has 0 aromatic heterocycles. The number of benzene rings is 2. The molecule has 2 aromatic rings. The second-order valence-corrected chi connectivity index (χ2v) is 13.9. The summed E-state index contributed by atoms with van der Waals surface area (Å²) < 4.78 is 3.16. The topological polar surface area (TPSA) is 0 Å². The summed E-state index contributed by atoms with van der Waals surface area (Å²) in [5, 5.41) is 1.30. The third-order valence-corrected chi connectivity index (χ3v) is 13.2. The Hall–Kier alpha value is -1.02. The summed E-state index contributed by atoms with van der Waals surface area (Å²) in [7, 11) is 0. The zero-order valence-electron chi connectivity index (χ0n) is 9.98. The van der Waals surface area contributed by atoms with Crippen LogP contribution in [-0.2, 0) is 0 Å². The van der Waals surface area contributed by atoms with Gasteiger partial charge in [-0.15, -0.1) is 0 Å². The molecule has 0 nitrogen and oxygen atoms in total. The maximum atomic E-state index is 2.50. The molecular formula is C15H18Ge. The van der Waals surface area contributed by atoms with Crippen LogP contribution in [0, 0.1) is 0 Å². The van der Waals surface area contributed by atoms with E-state index in [4.69, 9.17) is 0 Å². The molecule has 1 heteroatoms. The van der Waals surface area contributed by atoms with Crippen LogP contribution in [0.15, 0.2) is 60.7 Å². The van der Waals surface area contributed by atoms with Gasteiger partial charge in [-0.25, -0.2) is 0 Å². The monoisotopic (exact) mass is 272 g/mol. The summed E-state index contributed by atoms with van der Waals surface area (Å²) in [6.07, 6.45) is 0. The van der Waals surface area contributed by atoms with E-state index in [-0.39, 0.29) is 0 Å². The van der Waals surface area contributed by atoms with E-state index in [1.165, 1.54) is 5.25 Å². The van der Waals surface area contributed by atoms with Crippen LogP contribution in [0.25, 0.3) is 0 Å². The Morgan fingerprint density at radius 1 is 0.750 bits per heavy atom. The first-order valence-electron chi connectivity index (χ1n) is 5.88. The van der Waals surface area contributed by atoms with Crippen molar-refractivity contribution < 1.29 is 0 Å². The fourth-order valence-electron chi connectivity index (χ4n) is 2.19. The molecule has 16 heavy (non-hydrogen) atoms. The number of rotatable bonds is 3. The SMILES string of the molecule is C[CH2][Ge]([CH3])([c]1ccccc1)[c]1ccccc1. The standard InChI is InChI=1S/C15H18Ge/c1-3-16(2,14-10-6-4-7-11-14)15-12-8-5-9-13-15/h4-13H,3H2,1-2H3. The van der Waals surface area contributed by atoms with E-state index in [1.54, 1.807) is 8.79 Å². The molecule has 0 spiro atoms. The Bertz CT molecular complexity index is 394. The zero-order chi connectivity index (χ0) is 11.4. The van der Waals surface area contributed by atoms with Crippen molar-refractivity contribution in [3.63, 3.8) is 0 Å². The van der Waals surface area contributed by atoms with E-state index < -0.39 is 13.3 Å². The van der Waals surface area contributed by atoms with Crippen LogP contribution < -0.4 is 8.79 Å². The first kappa shape index (κ1) is 11.5. The van der Waals surface area contributed by atoms with Crippen molar-refractivity contribution in [2.45, 2.75) is 17.9 Å². The number of hydrogen-bond donors (Lipinski definition) is 0. The molecule has 0 saturated carbocycles.